The van der Waals surface area contributed by atoms with Gasteiger partial charge in [0.05, 0.1) is 13.2 Å². The molecule has 134 valence electrons. The van der Waals surface area contributed by atoms with E-state index in [0.717, 1.165) is 18.4 Å². The van der Waals surface area contributed by atoms with Crippen molar-refractivity contribution in [3.63, 3.8) is 0 Å². The molecule has 6 nitrogen and oxygen atoms in total. The van der Waals surface area contributed by atoms with Crippen molar-refractivity contribution in [2.75, 3.05) is 20.3 Å². The van der Waals surface area contributed by atoms with Gasteiger partial charge in [-0.25, -0.2) is 9.37 Å². The van der Waals surface area contributed by atoms with Crippen molar-refractivity contribution in [2.24, 2.45) is 0 Å². The Bertz CT molecular complexity index is 698. The van der Waals surface area contributed by atoms with E-state index in [0.29, 0.717) is 38.2 Å². The molecule has 0 spiro atoms. The fraction of sp³-hybridized carbons (Fsp3) is 0.444. The first-order chi connectivity index (χ1) is 12.2. The first kappa shape index (κ1) is 17.6. The predicted octanol–water partition coefficient (Wildman–Crippen LogP) is 2.35. The highest BCUT2D eigenvalue weighted by molar-refractivity contribution is 5.91. The summed E-state index contributed by atoms with van der Waals surface area (Å²) in [7, 11) is 1.58. The predicted molar refractivity (Wildman–Crippen MR) is 89.4 cm³/mol. The molecule has 3 rings (SSSR count). The van der Waals surface area contributed by atoms with Crippen LogP contribution in [0, 0.1) is 5.82 Å². The van der Waals surface area contributed by atoms with E-state index < -0.39 is 0 Å². The third kappa shape index (κ3) is 5.11. The van der Waals surface area contributed by atoms with Gasteiger partial charge in [0.25, 0.3) is 5.91 Å². The van der Waals surface area contributed by atoms with Crippen molar-refractivity contribution in [3.8, 4) is 0 Å². The Hall–Kier alpha value is -2.25. The zero-order chi connectivity index (χ0) is 17.6. The van der Waals surface area contributed by atoms with Gasteiger partial charge in [0.1, 0.15) is 12.1 Å². The van der Waals surface area contributed by atoms with Gasteiger partial charge in [-0.15, -0.1) is 0 Å². The van der Waals surface area contributed by atoms with Crippen molar-refractivity contribution in [1.29, 1.82) is 0 Å². The van der Waals surface area contributed by atoms with E-state index in [-0.39, 0.29) is 17.4 Å². The van der Waals surface area contributed by atoms with Gasteiger partial charge in [-0.1, -0.05) is 12.1 Å². The molecule has 1 saturated carbocycles. The summed E-state index contributed by atoms with van der Waals surface area (Å²) in [5.74, 6) is -0.00647. The number of carbonyl (C=O) groups excluding carboxylic acids is 1. The number of halogens is 1. The average molecular weight is 347 g/mol. The molecular weight excluding hydrogens is 325 g/mol. The number of hydrogen-bond acceptors (Lipinski definition) is 5. The van der Waals surface area contributed by atoms with Gasteiger partial charge in [-0.3, -0.25) is 9.69 Å². The maximum atomic E-state index is 13.0. The molecule has 7 heteroatoms. The van der Waals surface area contributed by atoms with E-state index in [1.54, 1.807) is 19.2 Å². The number of oxazole rings is 1. The normalized spacial score (nSPS) is 14.0. The second-order valence-electron chi connectivity index (χ2n) is 6.14. The Kier molecular flexibility index (Phi) is 5.78. The van der Waals surface area contributed by atoms with Gasteiger partial charge in [0.15, 0.2) is 5.69 Å². The van der Waals surface area contributed by atoms with E-state index in [4.69, 9.17) is 9.15 Å². The molecule has 1 aliphatic carbocycles. The Morgan fingerprint density at radius 2 is 2.12 bits per heavy atom. The number of methoxy groups -OCH3 is 1. The zero-order valence-electron chi connectivity index (χ0n) is 14.2. The summed E-state index contributed by atoms with van der Waals surface area (Å²) in [5, 5.41) is 2.71. The van der Waals surface area contributed by atoms with Gasteiger partial charge in [-0.2, -0.15) is 0 Å². The molecule has 1 N–H and O–H groups in total. The van der Waals surface area contributed by atoms with Crippen molar-refractivity contribution in [1.82, 2.24) is 15.2 Å². The largest absolute Gasteiger partial charge is 0.447 e. The standard InChI is InChI=1S/C18H22FN3O3/c1-24-9-8-20-18(23)16-12-25-17(21-16)11-22(15-6-7-15)10-13-2-4-14(19)5-3-13/h2-5,12,15H,6-11H2,1H3,(H,20,23). The number of hydrogen-bond donors (Lipinski definition) is 1. The zero-order valence-corrected chi connectivity index (χ0v) is 14.2. The Balaban J connectivity index is 1.59. The van der Waals surface area contributed by atoms with E-state index in [9.17, 15) is 9.18 Å². The van der Waals surface area contributed by atoms with Crippen LogP contribution in [0.5, 0.6) is 0 Å². The number of ether oxygens (including phenoxy) is 1. The van der Waals surface area contributed by atoms with Crippen LogP contribution in [0.25, 0.3) is 0 Å². The molecular formula is C18H22FN3O3. The molecule has 1 aromatic heterocycles. The van der Waals surface area contributed by atoms with Crippen LogP contribution in [0.15, 0.2) is 34.9 Å². The number of carbonyl (C=O) groups is 1. The first-order valence-electron chi connectivity index (χ1n) is 8.35. The van der Waals surface area contributed by atoms with Crippen LogP contribution in [0.1, 0.15) is 34.8 Å². The summed E-state index contributed by atoms with van der Waals surface area (Å²) in [4.78, 5) is 18.5. The number of benzene rings is 1. The molecule has 0 atom stereocenters. The third-order valence-electron chi connectivity index (χ3n) is 4.08. The third-order valence-corrected chi connectivity index (χ3v) is 4.08. The molecule has 0 unspecified atom stereocenters. The van der Waals surface area contributed by atoms with E-state index in [1.165, 1.54) is 18.4 Å². The molecule has 1 heterocycles. The van der Waals surface area contributed by atoms with Gasteiger partial charge in [0.2, 0.25) is 5.89 Å². The lowest BCUT2D eigenvalue weighted by atomic mass is 10.2. The molecule has 0 radical (unpaired) electrons. The summed E-state index contributed by atoms with van der Waals surface area (Å²) in [5.41, 5.74) is 1.31. The maximum Gasteiger partial charge on any atom is 0.273 e. The van der Waals surface area contributed by atoms with Crippen LogP contribution in [0.2, 0.25) is 0 Å². The quantitative estimate of drug-likeness (QED) is 0.705. The molecule has 1 amide bonds. The second-order valence-corrected chi connectivity index (χ2v) is 6.14. The number of amides is 1. The van der Waals surface area contributed by atoms with E-state index in [2.05, 4.69) is 15.2 Å². The average Bonchev–Trinajstić information content (AvgIpc) is 3.35. The highest BCUT2D eigenvalue weighted by atomic mass is 19.1. The first-order valence-corrected chi connectivity index (χ1v) is 8.35. The van der Waals surface area contributed by atoms with Crippen LogP contribution in [0.3, 0.4) is 0 Å². The summed E-state index contributed by atoms with van der Waals surface area (Å²) < 4.78 is 23.4. The Morgan fingerprint density at radius 3 is 2.80 bits per heavy atom. The van der Waals surface area contributed by atoms with E-state index >= 15 is 0 Å². The van der Waals surface area contributed by atoms with Crippen LogP contribution in [0.4, 0.5) is 4.39 Å². The molecule has 25 heavy (non-hydrogen) atoms. The lowest BCUT2D eigenvalue weighted by Gasteiger charge is -2.20. The van der Waals surface area contributed by atoms with Crippen LogP contribution >= 0.6 is 0 Å². The summed E-state index contributed by atoms with van der Waals surface area (Å²) in [6, 6.07) is 6.99. The molecule has 2 aromatic rings. The van der Waals surface area contributed by atoms with Crippen molar-refractivity contribution in [3.05, 3.63) is 53.5 Å². The molecule has 1 aromatic carbocycles. The van der Waals surface area contributed by atoms with Crippen LogP contribution < -0.4 is 5.32 Å². The lowest BCUT2D eigenvalue weighted by Crippen LogP contribution is -2.27. The minimum absolute atomic E-state index is 0.237. The van der Waals surface area contributed by atoms with Crippen molar-refractivity contribution >= 4 is 5.91 Å². The summed E-state index contributed by atoms with van der Waals surface area (Å²) in [6.45, 7) is 2.09. The lowest BCUT2D eigenvalue weighted by molar-refractivity contribution is 0.0932. The number of nitrogens with one attached hydrogen (secondary N) is 1. The highest BCUT2D eigenvalue weighted by Crippen LogP contribution is 2.29. The van der Waals surface area contributed by atoms with Crippen LogP contribution in [-0.2, 0) is 17.8 Å². The van der Waals surface area contributed by atoms with Crippen LogP contribution in [-0.4, -0.2) is 42.1 Å². The van der Waals surface area contributed by atoms with Crippen molar-refractivity contribution < 1.29 is 18.3 Å². The Morgan fingerprint density at radius 1 is 1.36 bits per heavy atom. The smallest absolute Gasteiger partial charge is 0.273 e. The topological polar surface area (TPSA) is 67.6 Å². The maximum absolute atomic E-state index is 13.0. The number of nitrogens with zero attached hydrogens (tertiary/aromatic N) is 2. The van der Waals surface area contributed by atoms with Gasteiger partial charge in [-0.05, 0) is 30.5 Å². The fourth-order valence-electron chi connectivity index (χ4n) is 2.60. The monoisotopic (exact) mass is 347 g/mol. The number of aromatic nitrogens is 1. The van der Waals surface area contributed by atoms with E-state index in [1.807, 2.05) is 0 Å². The summed E-state index contributed by atoms with van der Waals surface area (Å²) in [6.07, 6.45) is 3.64. The highest BCUT2D eigenvalue weighted by Gasteiger charge is 2.30. The second kappa shape index (κ2) is 8.22. The number of rotatable bonds is 9. The minimum Gasteiger partial charge on any atom is -0.447 e. The van der Waals surface area contributed by atoms with Crippen molar-refractivity contribution in [2.45, 2.75) is 32.0 Å². The summed E-state index contributed by atoms with van der Waals surface area (Å²) >= 11 is 0. The van der Waals surface area contributed by atoms with Gasteiger partial charge >= 0.3 is 0 Å². The molecule has 0 saturated heterocycles. The molecule has 1 fully saturated rings. The fourth-order valence-corrected chi connectivity index (χ4v) is 2.60. The minimum atomic E-state index is -0.274. The molecule has 0 bridgehead atoms. The SMILES string of the molecule is COCCNC(=O)c1coc(CN(Cc2ccc(F)cc2)C2CC2)n1. The molecule has 0 aliphatic heterocycles. The van der Waals surface area contributed by atoms with Gasteiger partial charge in [0, 0.05) is 26.2 Å². The Labute approximate surface area is 146 Å². The van der Waals surface area contributed by atoms with Gasteiger partial charge < -0.3 is 14.5 Å². The molecule has 1 aliphatic rings.